The smallest absolute Gasteiger partial charge is 0.456 e. The second-order valence-corrected chi connectivity index (χ2v) is 25.8. The van der Waals surface area contributed by atoms with Crippen LogP contribution in [0.3, 0.4) is 0 Å². The molecule has 10 heteroatoms. The highest BCUT2D eigenvalue weighted by molar-refractivity contribution is 7.47. The van der Waals surface area contributed by atoms with E-state index in [1.807, 2.05) is 33.3 Å². The minimum Gasteiger partial charge on any atom is -0.456 e. The van der Waals surface area contributed by atoms with Crippen LogP contribution in [0.5, 0.6) is 0 Å². The van der Waals surface area contributed by atoms with Crippen molar-refractivity contribution < 1.29 is 37.3 Å². The second-order valence-electron chi connectivity index (χ2n) is 24.3. The van der Waals surface area contributed by atoms with Crippen LogP contribution in [0.25, 0.3) is 0 Å². The fraction of sp³-hybridized carbons (Fsp3) is 0.803. The van der Waals surface area contributed by atoms with Crippen LogP contribution in [0.4, 0.5) is 0 Å². The van der Waals surface area contributed by atoms with Crippen LogP contribution >= 0.6 is 7.82 Å². The molecule has 9 nitrogen and oxygen atoms in total. The number of ether oxygens (including phenoxy) is 1. The predicted octanol–water partition coefficient (Wildman–Crippen LogP) is 21.6. The molecule has 0 aliphatic heterocycles. The summed E-state index contributed by atoms with van der Waals surface area (Å²) in [5, 5.41) is 3.07. The van der Waals surface area contributed by atoms with E-state index < -0.39 is 20.0 Å². The molecule has 0 heterocycles. The van der Waals surface area contributed by atoms with Gasteiger partial charge in [-0.3, -0.25) is 18.6 Å². The number of likely N-dealkylation sites (N-methyl/N-ethyl adjacent to an activating group) is 1. The quantitative estimate of drug-likeness (QED) is 0.0205. The van der Waals surface area contributed by atoms with Crippen LogP contribution in [0, 0.1) is 0 Å². The first-order valence-electron chi connectivity index (χ1n) is 34.3. The summed E-state index contributed by atoms with van der Waals surface area (Å²) in [5.41, 5.74) is 0. The summed E-state index contributed by atoms with van der Waals surface area (Å²) in [6, 6.07) is -0.860. The number of esters is 1. The van der Waals surface area contributed by atoms with Gasteiger partial charge < -0.3 is 19.4 Å². The van der Waals surface area contributed by atoms with E-state index >= 15 is 0 Å². The lowest BCUT2D eigenvalue weighted by molar-refractivity contribution is -0.870. The Kier molecular flexibility index (Phi) is 58.7. The van der Waals surface area contributed by atoms with Crippen molar-refractivity contribution in [3.8, 4) is 0 Å². The highest BCUT2D eigenvalue weighted by Crippen LogP contribution is 2.43. The Morgan fingerprint density at radius 3 is 1.16 bits per heavy atom. The number of allylic oxidation sites excluding steroid dienone is 11. The molecular weight excluding hydrogens is 1020 g/mol. The third-order valence-electron chi connectivity index (χ3n) is 15.1. The number of carbonyl (C=O) groups is 2. The molecule has 0 saturated carbocycles. The monoisotopic (exact) mass is 1160 g/mol. The average molecular weight is 1160 g/mol. The molecule has 81 heavy (non-hydrogen) atoms. The van der Waals surface area contributed by atoms with Gasteiger partial charge in [0.25, 0.3) is 0 Å². The van der Waals surface area contributed by atoms with E-state index in [0.717, 1.165) is 96.3 Å². The van der Waals surface area contributed by atoms with Crippen molar-refractivity contribution in [2.45, 2.75) is 328 Å². The summed E-state index contributed by atoms with van der Waals surface area (Å²) in [5.74, 6) is -0.519. The zero-order chi connectivity index (χ0) is 59.3. The van der Waals surface area contributed by atoms with Gasteiger partial charge in [0.1, 0.15) is 19.3 Å². The van der Waals surface area contributed by atoms with Gasteiger partial charge in [0.05, 0.1) is 33.8 Å². The number of phosphoric ester groups is 1. The summed E-state index contributed by atoms with van der Waals surface area (Å²) in [4.78, 5) is 37.9. The largest absolute Gasteiger partial charge is 0.472 e. The molecular formula is C71H132N2O7P+. The van der Waals surface area contributed by atoms with Gasteiger partial charge >= 0.3 is 13.8 Å². The molecule has 0 bridgehead atoms. The van der Waals surface area contributed by atoms with E-state index in [1.54, 1.807) is 0 Å². The van der Waals surface area contributed by atoms with Crippen molar-refractivity contribution in [1.82, 2.24) is 5.32 Å². The summed E-state index contributed by atoms with van der Waals surface area (Å²) >= 11 is 0. The van der Waals surface area contributed by atoms with Crippen LogP contribution in [-0.4, -0.2) is 74.3 Å². The van der Waals surface area contributed by atoms with Crippen molar-refractivity contribution in [2.75, 3.05) is 40.9 Å². The maximum absolute atomic E-state index is 13.6. The molecule has 2 N–H and O–H groups in total. The molecule has 0 aliphatic rings. The summed E-state index contributed by atoms with van der Waals surface area (Å²) in [6.07, 6.45) is 79.0. The maximum Gasteiger partial charge on any atom is 0.472 e. The summed E-state index contributed by atoms with van der Waals surface area (Å²) < 4.78 is 30.8. The second kappa shape index (κ2) is 60.6. The number of amides is 1. The minimum absolute atomic E-state index is 0.0353. The van der Waals surface area contributed by atoms with Crippen molar-refractivity contribution >= 4 is 19.7 Å². The minimum atomic E-state index is -4.46. The number of hydrogen-bond donors (Lipinski definition) is 2. The molecule has 3 unspecified atom stereocenters. The SMILES string of the molecule is CCCCC/C=C\C/C=C\C/C=C\C/C=C\CCCCCCCC(=O)OC(/C=C/CCCCCCCCCCCCC)C(COP(=O)(O)OCC[N+](C)(C)C)NC(=O)CCCCCCCCCCCCC/C=C/CCCCCCCC. The van der Waals surface area contributed by atoms with Gasteiger partial charge in [0, 0.05) is 12.8 Å². The number of rotatable bonds is 62. The van der Waals surface area contributed by atoms with E-state index in [9.17, 15) is 19.0 Å². The lowest BCUT2D eigenvalue weighted by atomic mass is 10.0. The zero-order valence-corrected chi connectivity index (χ0v) is 54.9. The van der Waals surface area contributed by atoms with Crippen LogP contribution in [-0.2, 0) is 27.9 Å². The third-order valence-corrected chi connectivity index (χ3v) is 16.1. The van der Waals surface area contributed by atoms with Gasteiger partial charge in [0.15, 0.2) is 0 Å². The topological polar surface area (TPSA) is 111 Å². The molecule has 1 amide bonds. The molecule has 0 spiro atoms. The van der Waals surface area contributed by atoms with Gasteiger partial charge in [-0.15, -0.1) is 0 Å². The molecule has 0 aromatic heterocycles. The van der Waals surface area contributed by atoms with Gasteiger partial charge in [-0.05, 0) is 102 Å². The number of quaternary nitrogens is 1. The molecule has 0 aromatic carbocycles. The Morgan fingerprint density at radius 1 is 0.432 bits per heavy atom. The van der Waals surface area contributed by atoms with Gasteiger partial charge in [-0.25, -0.2) is 4.57 Å². The van der Waals surface area contributed by atoms with Crippen LogP contribution in [0.15, 0.2) is 72.9 Å². The normalized spacial score (nSPS) is 14.0. The average Bonchev–Trinajstić information content (AvgIpc) is 3.44. The first kappa shape index (κ1) is 78.5. The number of carbonyl (C=O) groups excluding carboxylic acids is 2. The molecule has 0 fully saturated rings. The lowest BCUT2D eigenvalue weighted by Gasteiger charge is -2.27. The first-order chi connectivity index (χ1) is 39.4. The number of phosphoric acid groups is 1. The third kappa shape index (κ3) is 61.8. The fourth-order valence-electron chi connectivity index (χ4n) is 9.80. The van der Waals surface area contributed by atoms with Gasteiger partial charge in [0.2, 0.25) is 5.91 Å². The Bertz CT molecular complexity index is 1620. The Morgan fingerprint density at radius 2 is 0.753 bits per heavy atom. The molecule has 0 radical (unpaired) electrons. The van der Waals surface area contributed by atoms with Gasteiger partial charge in [-0.2, -0.15) is 0 Å². The van der Waals surface area contributed by atoms with Crippen LogP contribution in [0.1, 0.15) is 316 Å². The van der Waals surface area contributed by atoms with Crippen LogP contribution in [0.2, 0.25) is 0 Å². The highest BCUT2D eigenvalue weighted by Gasteiger charge is 2.30. The maximum atomic E-state index is 13.6. The summed E-state index contributed by atoms with van der Waals surface area (Å²) in [6.45, 7) is 7.00. The van der Waals surface area contributed by atoms with Crippen molar-refractivity contribution in [3.63, 3.8) is 0 Å². The van der Waals surface area contributed by atoms with Crippen molar-refractivity contribution in [2.24, 2.45) is 0 Å². The first-order valence-corrected chi connectivity index (χ1v) is 35.8. The highest BCUT2D eigenvalue weighted by atomic mass is 31.2. The van der Waals surface area contributed by atoms with E-state index in [-0.39, 0.29) is 31.5 Å². The summed E-state index contributed by atoms with van der Waals surface area (Å²) in [7, 11) is 1.49. The molecule has 0 rings (SSSR count). The molecule has 0 aromatic rings. The molecule has 3 atom stereocenters. The number of unbranched alkanes of at least 4 members (excludes halogenated alkanes) is 36. The predicted molar refractivity (Wildman–Crippen MR) is 351 cm³/mol. The standard InChI is InChI=1S/C71H131N2O7P/c1-7-10-13-16-19-22-25-28-30-32-34-36-38-40-42-45-48-51-54-57-60-63-70(74)72-68(67-79-81(76,77)78-66-65-73(4,5)6)69(62-59-56-53-50-47-44-27-24-21-18-15-12-9-3)80-71(75)64-61-58-55-52-49-46-43-41-39-37-35-33-31-29-26-23-20-17-14-11-8-2/h20,23,28-31,35,37,41,43,59,62,68-69H,7-19,21-22,24-27,32-34,36,38-40,42,44-58,60-61,63-67H2,1-6H3,(H-,72,74,76,77)/p+1/b23-20-,30-28+,31-29-,37-35-,43-41-,62-59+. The lowest BCUT2D eigenvalue weighted by Crippen LogP contribution is -2.47. The van der Waals surface area contributed by atoms with E-state index in [1.165, 1.54) is 186 Å². The Hall–Kier alpha value is -2.55. The van der Waals surface area contributed by atoms with Crippen molar-refractivity contribution in [3.05, 3.63) is 72.9 Å². The number of nitrogens with one attached hydrogen (secondary N) is 1. The molecule has 472 valence electrons. The number of nitrogens with zero attached hydrogens (tertiary/aromatic N) is 1. The molecule has 0 aliphatic carbocycles. The van der Waals surface area contributed by atoms with Gasteiger partial charge in [-0.1, -0.05) is 274 Å². The van der Waals surface area contributed by atoms with E-state index in [0.29, 0.717) is 17.4 Å². The Labute approximate surface area is 502 Å². The van der Waals surface area contributed by atoms with E-state index in [4.69, 9.17) is 13.8 Å². The number of hydrogen-bond acceptors (Lipinski definition) is 6. The van der Waals surface area contributed by atoms with E-state index in [2.05, 4.69) is 86.8 Å². The molecule has 0 saturated heterocycles. The fourth-order valence-corrected chi connectivity index (χ4v) is 10.5. The van der Waals surface area contributed by atoms with Crippen LogP contribution < -0.4 is 5.32 Å². The van der Waals surface area contributed by atoms with Crippen molar-refractivity contribution in [1.29, 1.82) is 0 Å². The zero-order valence-electron chi connectivity index (χ0n) is 54.0. The Balaban J connectivity index is 5.21.